The maximum Gasteiger partial charge on any atom is 0.319 e. The number of ether oxygens (including phenoxy) is 1. The van der Waals surface area contributed by atoms with E-state index in [2.05, 4.69) is 10.6 Å². The Labute approximate surface area is 172 Å². The van der Waals surface area contributed by atoms with Gasteiger partial charge in [0.15, 0.2) is 0 Å². The zero-order chi connectivity index (χ0) is 20.8. The van der Waals surface area contributed by atoms with Gasteiger partial charge in [-0.2, -0.15) is 0 Å². The molecule has 0 atom stereocenters. The Balaban J connectivity index is 1.51. The Bertz CT molecular complexity index is 862. The number of fused-ring (bicyclic) bond motifs is 1. The van der Waals surface area contributed by atoms with Gasteiger partial charge in [-0.3, -0.25) is 4.79 Å². The van der Waals surface area contributed by atoms with Crippen molar-refractivity contribution in [3.05, 3.63) is 59.2 Å². The van der Waals surface area contributed by atoms with Crippen molar-refractivity contribution in [1.29, 1.82) is 0 Å². The lowest BCUT2D eigenvalue weighted by Gasteiger charge is -2.30. The summed E-state index contributed by atoms with van der Waals surface area (Å²) in [4.78, 5) is 26.4. The number of rotatable bonds is 6. The molecule has 6 nitrogen and oxygen atoms in total. The predicted molar refractivity (Wildman–Crippen MR) is 114 cm³/mol. The standard InChI is InChI=1S/C23H29N3O3/c1-16(2)22(27)26-13-11-18-6-7-20(14-19(18)15-26)25-23(28)24-12-10-17-4-8-21(29-3)9-5-17/h4-9,14,16H,10-13,15H2,1-3H3,(H2,24,25,28). The fourth-order valence-electron chi connectivity index (χ4n) is 3.48. The van der Waals surface area contributed by atoms with E-state index < -0.39 is 0 Å². The number of carbonyl (C=O) groups excluding carboxylic acids is 2. The Morgan fingerprint density at radius 1 is 1.10 bits per heavy atom. The average Bonchev–Trinajstić information content (AvgIpc) is 2.73. The number of benzene rings is 2. The lowest BCUT2D eigenvalue weighted by Crippen LogP contribution is -2.38. The van der Waals surface area contributed by atoms with Crippen LogP contribution in [0, 0.1) is 5.92 Å². The molecule has 0 radical (unpaired) electrons. The van der Waals surface area contributed by atoms with Gasteiger partial charge in [0, 0.05) is 31.2 Å². The molecule has 2 N–H and O–H groups in total. The minimum Gasteiger partial charge on any atom is -0.497 e. The van der Waals surface area contributed by atoms with Crippen LogP contribution in [-0.2, 0) is 24.2 Å². The molecule has 1 aliphatic rings. The van der Waals surface area contributed by atoms with Crippen LogP contribution in [0.2, 0.25) is 0 Å². The highest BCUT2D eigenvalue weighted by Crippen LogP contribution is 2.23. The van der Waals surface area contributed by atoms with Crippen molar-refractivity contribution < 1.29 is 14.3 Å². The molecule has 2 aromatic rings. The second-order valence-corrected chi connectivity index (χ2v) is 7.63. The van der Waals surface area contributed by atoms with E-state index >= 15 is 0 Å². The Morgan fingerprint density at radius 2 is 1.86 bits per heavy atom. The van der Waals surface area contributed by atoms with Gasteiger partial charge in [-0.25, -0.2) is 4.79 Å². The van der Waals surface area contributed by atoms with Crippen LogP contribution in [0.25, 0.3) is 0 Å². The van der Waals surface area contributed by atoms with Gasteiger partial charge in [-0.1, -0.05) is 32.0 Å². The van der Waals surface area contributed by atoms with E-state index in [-0.39, 0.29) is 17.9 Å². The van der Waals surface area contributed by atoms with Crippen molar-refractivity contribution in [2.45, 2.75) is 33.2 Å². The van der Waals surface area contributed by atoms with Gasteiger partial charge in [-0.15, -0.1) is 0 Å². The normalized spacial score (nSPS) is 13.0. The van der Waals surface area contributed by atoms with Crippen molar-refractivity contribution in [1.82, 2.24) is 10.2 Å². The number of hydrogen-bond donors (Lipinski definition) is 2. The van der Waals surface area contributed by atoms with Crippen LogP contribution < -0.4 is 15.4 Å². The maximum absolute atomic E-state index is 12.3. The van der Waals surface area contributed by atoms with Gasteiger partial charge in [0.1, 0.15) is 5.75 Å². The van der Waals surface area contributed by atoms with Gasteiger partial charge in [0.2, 0.25) is 5.91 Å². The molecule has 154 valence electrons. The fraction of sp³-hybridized carbons (Fsp3) is 0.391. The third-order valence-corrected chi connectivity index (χ3v) is 5.14. The topological polar surface area (TPSA) is 70.7 Å². The maximum atomic E-state index is 12.3. The smallest absolute Gasteiger partial charge is 0.319 e. The first-order chi connectivity index (χ1) is 14.0. The molecule has 2 aromatic carbocycles. The van der Waals surface area contributed by atoms with E-state index in [4.69, 9.17) is 4.74 Å². The lowest BCUT2D eigenvalue weighted by molar-refractivity contribution is -0.135. The summed E-state index contributed by atoms with van der Waals surface area (Å²) in [5.74, 6) is 0.986. The fourth-order valence-corrected chi connectivity index (χ4v) is 3.48. The highest BCUT2D eigenvalue weighted by atomic mass is 16.5. The second kappa shape index (κ2) is 9.45. The molecule has 0 spiro atoms. The SMILES string of the molecule is COc1ccc(CCNC(=O)Nc2ccc3c(c2)CN(C(=O)C(C)C)CC3)cc1. The predicted octanol–water partition coefficient (Wildman–Crippen LogP) is 3.60. The summed E-state index contributed by atoms with van der Waals surface area (Å²) < 4.78 is 5.15. The van der Waals surface area contributed by atoms with E-state index in [0.29, 0.717) is 13.1 Å². The average molecular weight is 396 g/mol. The first-order valence-corrected chi connectivity index (χ1v) is 10.0. The summed E-state index contributed by atoms with van der Waals surface area (Å²) in [6.07, 6.45) is 1.59. The van der Waals surface area contributed by atoms with Crippen molar-refractivity contribution in [2.24, 2.45) is 5.92 Å². The highest BCUT2D eigenvalue weighted by molar-refractivity contribution is 5.89. The monoisotopic (exact) mass is 395 g/mol. The number of urea groups is 1. The molecule has 1 aliphatic heterocycles. The molecule has 0 saturated heterocycles. The van der Waals surface area contributed by atoms with Gasteiger partial charge >= 0.3 is 6.03 Å². The molecule has 0 bridgehead atoms. The number of nitrogens with zero attached hydrogens (tertiary/aromatic N) is 1. The summed E-state index contributed by atoms with van der Waals surface area (Å²) in [5.41, 5.74) is 4.21. The number of methoxy groups -OCH3 is 1. The van der Waals surface area contributed by atoms with Crippen LogP contribution in [0.3, 0.4) is 0 Å². The van der Waals surface area contributed by atoms with Crippen molar-refractivity contribution in [3.63, 3.8) is 0 Å². The third-order valence-electron chi connectivity index (χ3n) is 5.14. The van der Waals surface area contributed by atoms with E-state index in [1.807, 2.05) is 61.2 Å². The molecule has 0 fully saturated rings. The van der Waals surface area contributed by atoms with Gasteiger partial charge in [0.05, 0.1) is 7.11 Å². The van der Waals surface area contributed by atoms with E-state index in [1.165, 1.54) is 5.56 Å². The molecule has 29 heavy (non-hydrogen) atoms. The largest absolute Gasteiger partial charge is 0.497 e. The van der Waals surface area contributed by atoms with E-state index in [1.54, 1.807) is 7.11 Å². The van der Waals surface area contributed by atoms with Gasteiger partial charge in [0.25, 0.3) is 0 Å². The Morgan fingerprint density at radius 3 is 2.55 bits per heavy atom. The minimum atomic E-state index is -0.232. The zero-order valence-corrected chi connectivity index (χ0v) is 17.3. The van der Waals surface area contributed by atoms with Crippen LogP contribution in [-0.4, -0.2) is 37.0 Å². The summed E-state index contributed by atoms with van der Waals surface area (Å²) in [6.45, 7) is 5.74. The third kappa shape index (κ3) is 5.50. The van der Waals surface area contributed by atoms with Crippen molar-refractivity contribution in [3.8, 4) is 5.75 Å². The molecule has 0 aliphatic carbocycles. The highest BCUT2D eigenvalue weighted by Gasteiger charge is 2.22. The molecule has 3 rings (SSSR count). The molecular weight excluding hydrogens is 366 g/mol. The summed E-state index contributed by atoms with van der Waals surface area (Å²) >= 11 is 0. The summed E-state index contributed by atoms with van der Waals surface area (Å²) in [7, 11) is 1.64. The molecule has 0 saturated carbocycles. The molecule has 3 amide bonds. The van der Waals surface area contributed by atoms with Crippen LogP contribution in [0.15, 0.2) is 42.5 Å². The first kappa shape index (κ1) is 20.7. The number of anilines is 1. The molecule has 1 heterocycles. The lowest BCUT2D eigenvalue weighted by atomic mass is 9.98. The van der Waals surface area contributed by atoms with Gasteiger partial charge in [-0.05, 0) is 53.8 Å². The van der Waals surface area contributed by atoms with Crippen LogP contribution >= 0.6 is 0 Å². The van der Waals surface area contributed by atoms with Crippen molar-refractivity contribution >= 4 is 17.6 Å². The number of carbonyl (C=O) groups is 2. The van der Waals surface area contributed by atoms with E-state index in [9.17, 15) is 9.59 Å². The molecule has 0 unspecified atom stereocenters. The summed E-state index contributed by atoms with van der Waals surface area (Å²) in [6, 6.07) is 13.5. The quantitative estimate of drug-likeness (QED) is 0.785. The summed E-state index contributed by atoms with van der Waals surface area (Å²) in [5, 5.41) is 5.77. The Hall–Kier alpha value is -3.02. The second-order valence-electron chi connectivity index (χ2n) is 7.63. The van der Waals surface area contributed by atoms with Crippen LogP contribution in [0.4, 0.5) is 10.5 Å². The Kier molecular flexibility index (Phi) is 6.75. The van der Waals surface area contributed by atoms with Crippen LogP contribution in [0.1, 0.15) is 30.5 Å². The van der Waals surface area contributed by atoms with Gasteiger partial charge < -0.3 is 20.3 Å². The molecular formula is C23H29N3O3. The van der Waals surface area contributed by atoms with Crippen LogP contribution in [0.5, 0.6) is 5.75 Å². The zero-order valence-electron chi connectivity index (χ0n) is 17.3. The number of hydrogen-bond acceptors (Lipinski definition) is 3. The van der Waals surface area contributed by atoms with E-state index in [0.717, 1.165) is 42.0 Å². The number of nitrogens with one attached hydrogen (secondary N) is 2. The molecule has 6 heteroatoms. The first-order valence-electron chi connectivity index (χ1n) is 10.0. The molecule has 0 aromatic heterocycles. The number of amides is 3. The van der Waals surface area contributed by atoms with Crippen molar-refractivity contribution in [2.75, 3.05) is 25.5 Å². The minimum absolute atomic E-state index is 0.00524.